The van der Waals surface area contributed by atoms with Crippen LogP contribution in [0.15, 0.2) is 12.1 Å². The minimum absolute atomic E-state index is 0. The van der Waals surface area contributed by atoms with Crippen LogP contribution in [0.2, 0.25) is 10.0 Å². The van der Waals surface area contributed by atoms with Gasteiger partial charge < -0.3 is 10.5 Å². The normalized spacial score (nSPS) is 19.8. The third-order valence-corrected chi connectivity index (χ3v) is 2.97. The van der Waals surface area contributed by atoms with Crippen LogP contribution in [-0.2, 0) is 11.3 Å². The fourth-order valence-corrected chi connectivity index (χ4v) is 2.00. The smallest absolute Gasteiger partial charge is 0.0721 e. The van der Waals surface area contributed by atoms with E-state index < -0.39 is 0 Å². The number of fused-ring (bicyclic) bond motifs is 1. The standard InChI is InChI=1S/C9H9Cl2NO.ClH/c10-6-2-1-5-3-13-4-7(12)8(5)9(6)11;/h1-2,7H,3-4,12H2;1H. The van der Waals surface area contributed by atoms with E-state index in [1.165, 1.54) is 0 Å². The fraction of sp³-hybridized carbons (Fsp3) is 0.333. The lowest BCUT2D eigenvalue weighted by Gasteiger charge is -2.23. The molecule has 0 saturated heterocycles. The van der Waals surface area contributed by atoms with E-state index in [0.29, 0.717) is 23.3 Å². The first-order chi connectivity index (χ1) is 6.20. The Morgan fingerprint density at radius 1 is 1.36 bits per heavy atom. The zero-order valence-corrected chi connectivity index (χ0v) is 9.62. The molecule has 0 amide bonds. The highest BCUT2D eigenvalue weighted by molar-refractivity contribution is 6.42. The summed E-state index contributed by atoms with van der Waals surface area (Å²) in [4.78, 5) is 0. The number of hydrogen-bond acceptors (Lipinski definition) is 2. The summed E-state index contributed by atoms with van der Waals surface area (Å²) < 4.78 is 5.28. The predicted molar refractivity (Wildman–Crippen MR) is 60.3 cm³/mol. The van der Waals surface area contributed by atoms with E-state index in [0.717, 1.165) is 11.1 Å². The average Bonchev–Trinajstić information content (AvgIpc) is 2.12. The Bertz CT molecular complexity index is 343. The molecule has 1 atom stereocenters. The average molecular weight is 255 g/mol. The van der Waals surface area contributed by atoms with Gasteiger partial charge in [-0.1, -0.05) is 29.3 Å². The van der Waals surface area contributed by atoms with Crippen molar-refractivity contribution >= 4 is 35.6 Å². The van der Waals surface area contributed by atoms with Crippen molar-refractivity contribution in [2.24, 2.45) is 5.73 Å². The van der Waals surface area contributed by atoms with Crippen LogP contribution < -0.4 is 5.73 Å². The Morgan fingerprint density at radius 2 is 2.07 bits per heavy atom. The van der Waals surface area contributed by atoms with Gasteiger partial charge in [-0.05, 0) is 17.2 Å². The second kappa shape index (κ2) is 4.69. The van der Waals surface area contributed by atoms with Crippen molar-refractivity contribution < 1.29 is 4.74 Å². The zero-order valence-electron chi connectivity index (χ0n) is 7.30. The fourth-order valence-electron chi connectivity index (χ4n) is 1.51. The molecule has 1 aliphatic heterocycles. The Kier molecular flexibility index (Phi) is 4.04. The van der Waals surface area contributed by atoms with Gasteiger partial charge in [-0.2, -0.15) is 0 Å². The van der Waals surface area contributed by atoms with Gasteiger partial charge in [0, 0.05) is 0 Å². The van der Waals surface area contributed by atoms with Gasteiger partial charge in [0.2, 0.25) is 0 Å². The predicted octanol–water partition coefficient (Wildman–Crippen LogP) is 2.95. The molecule has 1 heterocycles. The molecule has 5 heteroatoms. The highest BCUT2D eigenvalue weighted by atomic mass is 35.5. The minimum Gasteiger partial charge on any atom is -0.375 e. The first kappa shape index (κ1) is 12.1. The number of ether oxygens (including phenoxy) is 1. The van der Waals surface area contributed by atoms with Crippen molar-refractivity contribution in [1.29, 1.82) is 0 Å². The molecular formula is C9H10Cl3NO. The third kappa shape index (κ3) is 2.00. The molecule has 78 valence electrons. The van der Waals surface area contributed by atoms with Gasteiger partial charge in [0.15, 0.2) is 0 Å². The topological polar surface area (TPSA) is 35.2 Å². The van der Waals surface area contributed by atoms with Crippen molar-refractivity contribution in [3.63, 3.8) is 0 Å². The Hall–Kier alpha value is 0.01000. The summed E-state index contributed by atoms with van der Waals surface area (Å²) in [5.41, 5.74) is 7.81. The van der Waals surface area contributed by atoms with Crippen LogP contribution in [0, 0.1) is 0 Å². The van der Waals surface area contributed by atoms with E-state index in [-0.39, 0.29) is 18.4 Å². The van der Waals surface area contributed by atoms with Crippen LogP contribution in [0.4, 0.5) is 0 Å². The molecule has 1 aromatic carbocycles. The van der Waals surface area contributed by atoms with Crippen LogP contribution in [0.25, 0.3) is 0 Å². The molecule has 0 aliphatic carbocycles. The Morgan fingerprint density at radius 3 is 2.79 bits per heavy atom. The quantitative estimate of drug-likeness (QED) is 0.772. The highest BCUT2D eigenvalue weighted by Crippen LogP contribution is 2.34. The maximum absolute atomic E-state index is 6.04. The molecular weight excluding hydrogens is 244 g/mol. The molecule has 0 saturated carbocycles. The molecule has 0 radical (unpaired) electrons. The van der Waals surface area contributed by atoms with E-state index in [2.05, 4.69) is 0 Å². The van der Waals surface area contributed by atoms with Gasteiger partial charge in [0.25, 0.3) is 0 Å². The lowest BCUT2D eigenvalue weighted by atomic mass is 10.00. The molecule has 1 unspecified atom stereocenters. The third-order valence-electron chi connectivity index (χ3n) is 2.15. The van der Waals surface area contributed by atoms with Crippen molar-refractivity contribution in [3.8, 4) is 0 Å². The molecule has 2 nitrogen and oxygen atoms in total. The second-order valence-corrected chi connectivity index (χ2v) is 3.84. The molecule has 2 rings (SSSR count). The van der Waals surface area contributed by atoms with E-state index in [9.17, 15) is 0 Å². The monoisotopic (exact) mass is 253 g/mol. The van der Waals surface area contributed by atoms with E-state index >= 15 is 0 Å². The Labute approximate surface area is 98.7 Å². The van der Waals surface area contributed by atoms with Gasteiger partial charge in [-0.3, -0.25) is 0 Å². The molecule has 0 bridgehead atoms. The van der Waals surface area contributed by atoms with Crippen LogP contribution >= 0.6 is 35.6 Å². The molecule has 2 N–H and O–H groups in total. The van der Waals surface area contributed by atoms with Crippen molar-refractivity contribution in [2.45, 2.75) is 12.6 Å². The molecule has 1 aromatic rings. The summed E-state index contributed by atoms with van der Waals surface area (Å²) in [6, 6.07) is 3.52. The van der Waals surface area contributed by atoms with Gasteiger partial charge >= 0.3 is 0 Å². The first-order valence-corrected chi connectivity index (χ1v) is 4.76. The van der Waals surface area contributed by atoms with E-state index in [1.807, 2.05) is 6.07 Å². The molecule has 1 aliphatic rings. The number of benzene rings is 1. The summed E-state index contributed by atoms with van der Waals surface area (Å²) in [6.07, 6.45) is 0. The minimum atomic E-state index is -0.157. The summed E-state index contributed by atoms with van der Waals surface area (Å²) in [5.74, 6) is 0. The lowest BCUT2D eigenvalue weighted by Crippen LogP contribution is -2.24. The number of rotatable bonds is 0. The van der Waals surface area contributed by atoms with E-state index in [1.54, 1.807) is 6.07 Å². The van der Waals surface area contributed by atoms with Crippen LogP contribution in [0.3, 0.4) is 0 Å². The molecule has 14 heavy (non-hydrogen) atoms. The van der Waals surface area contributed by atoms with Gasteiger partial charge in [0.1, 0.15) is 0 Å². The van der Waals surface area contributed by atoms with Gasteiger partial charge in [-0.15, -0.1) is 12.4 Å². The van der Waals surface area contributed by atoms with Gasteiger partial charge in [-0.25, -0.2) is 0 Å². The van der Waals surface area contributed by atoms with Crippen LogP contribution in [-0.4, -0.2) is 6.61 Å². The summed E-state index contributed by atoms with van der Waals surface area (Å²) in [5, 5.41) is 1.12. The maximum atomic E-state index is 6.04. The molecule has 0 fully saturated rings. The maximum Gasteiger partial charge on any atom is 0.0721 e. The number of nitrogens with two attached hydrogens (primary N) is 1. The van der Waals surface area contributed by atoms with Crippen molar-refractivity contribution in [3.05, 3.63) is 33.3 Å². The number of hydrogen-bond donors (Lipinski definition) is 1. The van der Waals surface area contributed by atoms with E-state index in [4.69, 9.17) is 33.7 Å². The van der Waals surface area contributed by atoms with Gasteiger partial charge in [0.05, 0.1) is 29.3 Å². The highest BCUT2D eigenvalue weighted by Gasteiger charge is 2.21. The summed E-state index contributed by atoms with van der Waals surface area (Å²) in [6.45, 7) is 1.08. The summed E-state index contributed by atoms with van der Waals surface area (Å²) in [7, 11) is 0. The second-order valence-electron chi connectivity index (χ2n) is 3.06. The zero-order chi connectivity index (χ0) is 9.42. The lowest BCUT2D eigenvalue weighted by molar-refractivity contribution is 0.0924. The first-order valence-electron chi connectivity index (χ1n) is 4.00. The molecule has 0 spiro atoms. The van der Waals surface area contributed by atoms with Crippen LogP contribution in [0.1, 0.15) is 17.2 Å². The molecule has 0 aromatic heterocycles. The number of halogens is 3. The summed E-state index contributed by atoms with van der Waals surface area (Å²) >= 11 is 11.9. The largest absolute Gasteiger partial charge is 0.375 e. The van der Waals surface area contributed by atoms with Crippen LogP contribution in [0.5, 0.6) is 0 Å². The SMILES string of the molecule is Cl.NC1COCc2ccc(Cl)c(Cl)c21. The Balaban J connectivity index is 0.000000980. The van der Waals surface area contributed by atoms with Crippen molar-refractivity contribution in [2.75, 3.05) is 6.61 Å². The van der Waals surface area contributed by atoms with Crippen molar-refractivity contribution in [1.82, 2.24) is 0 Å².